The lowest BCUT2D eigenvalue weighted by molar-refractivity contribution is -0.0718. The van der Waals surface area contributed by atoms with E-state index in [4.69, 9.17) is 22.4 Å². The number of aliphatic hydroxyl groups is 1. The number of alkyl halides is 2. The van der Waals surface area contributed by atoms with Crippen LogP contribution in [0.4, 0.5) is 13.2 Å². The number of hydrogen-bond donors (Lipinski definition) is 2. The van der Waals surface area contributed by atoms with Crippen LogP contribution >= 0.6 is 11.6 Å². The topological polar surface area (TPSA) is 46.2 Å². The number of hydrogen-bond acceptors (Lipinski definition) is 2. The smallest absolute Gasteiger partial charge is 0.289 e. The van der Waals surface area contributed by atoms with Gasteiger partial charge in [-0.1, -0.05) is 11.6 Å². The Morgan fingerprint density at radius 3 is 2.60 bits per heavy atom. The van der Waals surface area contributed by atoms with E-state index >= 15 is 0 Å². The monoisotopic (exact) mass is 239 g/mol. The zero-order valence-electron chi connectivity index (χ0n) is 7.55. The summed E-state index contributed by atoms with van der Waals surface area (Å²) < 4.78 is 39.1. The first-order chi connectivity index (χ1) is 6.88. The summed E-state index contributed by atoms with van der Waals surface area (Å²) in [6.07, 6.45) is 0. The Bertz CT molecular complexity index is 359. The van der Waals surface area contributed by atoms with Gasteiger partial charge < -0.3 is 10.8 Å². The van der Waals surface area contributed by atoms with Crippen molar-refractivity contribution in [1.82, 2.24) is 0 Å². The highest BCUT2D eigenvalue weighted by Crippen LogP contribution is 2.31. The van der Waals surface area contributed by atoms with Gasteiger partial charge in [0.2, 0.25) is 0 Å². The van der Waals surface area contributed by atoms with Crippen molar-refractivity contribution in [1.29, 1.82) is 0 Å². The van der Waals surface area contributed by atoms with Crippen molar-refractivity contribution in [2.24, 2.45) is 5.73 Å². The molecule has 0 saturated heterocycles. The van der Waals surface area contributed by atoms with E-state index < -0.39 is 30.0 Å². The summed E-state index contributed by atoms with van der Waals surface area (Å²) in [5.74, 6) is -4.45. The fourth-order valence-electron chi connectivity index (χ4n) is 1.08. The summed E-state index contributed by atoms with van der Waals surface area (Å²) >= 11 is 5.52. The minimum Gasteiger partial charge on any atom is -0.390 e. The van der Waals surface area contributed by atoms with E-state index in [-0.39, 0.29) is 5.02 Å². The van der Waals surface area contributed by atoms with Crippen LogP contribution in [0.5, 0.6) is 0 Å². The highest BCUT2D eigenvalue weighted by atomic mass is 35.5. The van der Waals surface area contributed by atoms with Gasteiger partial charge in [-0.3, -0.25) is 0 Å². The highest BCUT2D eigenvalue weighted by molar-refractivity contribution is 6.30. The van der Waals surface area contributed by atoms with Crippen LogP contribution in [-0.4, -0.2) is 17.6 Å². The Morgan fingerprint density at radius 1 is 1.47 bits per heavy atom. The Labute approximate surface area is 89.5 Å². The lowest BCUT2D eigenvalue weighted by Gasteiger charge is -2.22. The third-order valence-electron chi connectivity index (χ3n) is 1.96. The summed E-state index contributed by atoms with van der Waals surface area (Å²) in [7, 11) is 0. The molecular formula is C9H9ClF3NO. The molecule has 1 rings (SSSR count). The van der Waals surface area contributed by atoms with Crippen LogP contribution in [0.25, 0.3) is 0 Å². The van der Waals surface area contributed by atoms with E-state index in [0.717, 1.165) is 12.1 Å². The largest absolute Gasteiger partial charge is 0.390 e. The van der Waals surface area contributed by atoms with Crippen molar-refractivity contribution in [2.75, 3.05) is 6.61 Å². The first kappa shape index (κ1) is 12.3. The van der Waals surface area contributed by atoms with Gasteiger partial charge in [-0.05, 0) is 18.2 Å². The summed E-state index contributed by atoms with van der Waals surface area (Å²) in [5, 5.41) is 8.51. The molecule has 0 aliphatic carbocycles. The molecular weight excluding hydrogens is 231 g/mol. The van der Waals surface area contributed by atoms with Gasteiger partial charge in [0, 0.05) is 10.6 Å². The number of halogens is 4. The molecule has 0 amide bonds. The van der Waals surface area contributed by atoms with E-state index in [1.54, 1.807) is 0 Å². The lowest BCUT2D eigenvalue weighted by Crippen LogP contribution is -2.36. The molecule has 1 atom stereocenters. The highest BCUT2D eigenvalue weighted by Gasteiger charge is 2.38. The maximum atomic E-state index is 13.1. The van der Waals surface area contributed by atoms with Crippen LogP contribution < -0.4 is 5.73 Å². The molecule has 84 valence electrons. The third-order valence-corrected chi connectivity index (χ3v) is 2.19. The molecule has 2 nitrogen and oxygen atoms in total. The van der Waals surface area contributed by atoms with Gasteiger partial charge >= 0.3 is 0 Å². The van der Waals surface area contributed by atoms with Gasteiger partial charge in [-0.2, -0.15) is 0 Å². The van der Waals surface area contributed by atoms with Crippen molar-refractivity contribution < 1.29 is 18.3 Å². The van der Waals surface area contributed by atoms with E-state index in [2.05, 4.69) is 0 Å². The SMILES string of the molecule is N[C@H](c1cc(Cl)ccc1F)C(F)(F)CO. The molecule has 6 heteroatoms. The molecule has 0 radical (unpaired) electrons. The second-order valence-electron chi connectivity index (χ2n) is 3.06. The molecule has 0 aromatic heterocycles. The fraction of sp³-hybridized carbons (Fsp3) is 0.333. The molecule has 1 aromatic carbocycles. The van der Waals surface area contributed by atoms with Gasteiger partial charge in [-0.15, -0.1) is 0 Å². The second kappa shape index (κ2) is 4.38. The minimum absolute atomic E-state index is 0.107. The quantitative estimate of drug-likeness (QED) is 0.849. The van der Waals surface area contributed by atoms with E-state index in [9.17, 15) is 13.2 Å². The van der Waals surface area contributed by atoms with Crippen molar-refractivity contribution in [2.45, 2.75) is 12.0 Å². The number of rotatable bonds is 3. The number of aliphatic hydroxyl groups excluding tert-OH is 1. The summed E-state index contributed by atoms with van der Waals surface area (Å²) in [4.78, 5) is 0. The molecule has 0 spiro atoms. The maximum Gasteiger partial charge on any atom is 0.289 e. The second-order valence-corrected chi connectivity index (χ2v) is 3.50. The average molecular weight is 240 g/mol. The summed E-state index contributed by atoms with van der Waals surface area (Å²) in [6, 6.07) is 1.28. The molecule has 0 aliphatic heterocycles. The van der Waals surface area contributed by atoms with Crippen molar-refractivity contribution in [3.8, 4) is 0 Å². The van der Waals surface area contributed by atoms with Crippen molar-refractivity contribution >= 4 is 11.6 Å². The zero-order valence-corrected chi connectivity index (χ0v) is 8.31. The van der Waals surface area contributed by atoms with Crippen LogP contribution in [0, 0.1) is 5.82 Å². The van der Waals surface area contributed by atoms with E-state index in [0.29, 0.717) is 0 Å². The number of nitrogens with two attached hydrogens (primary N) is 1. The molecule has 0 unspecified atom stereocenters. The van der Waals surface area contributed by atoms with E-state index in [1.807, 2.05) is 0 Å². The Morgan fingerprint density at radius 2 is 2.07 bits per heavy atom. The summed E-state index contributed by atoms with van der Waals surface area (Å²) in [6.45, 7) is -1.44. The van der Waals surface area contributed by atoms with Crippen LogP contribution in [0.2, 0.25) is 5.02 Å². The normalized spacial score (nSPS) is 14.0. The standard InChI is InChI=1S/C9H9ClF3NO/c10-5-1-2-7(11)6(3-5)8(14)9(12,13)4-15/h1-3,8,15H,4,14H2/t8-/m1/s1. The molecule has 0 saturated carbocycles. The van der Waals surface area contributed by atoms with Gasteiger partial charge in [0.1, 0.15) is 12.4 Å². The van der Waals surface area contributed by atoms with Gasteiger partial charge in [0.05, 0.1) is 6.04 Å². The molecule has 0 bridgehead atoms. The molecule has 15 heavy (non-hydrogen) atoms. The third kappa shape index (κ3) is 2.62. The zero-order chi connectivity index (χ0) is 11.6. The predicted molar refractivity (Wildman–Crippen MR) is 50.4 cm³/mol. The Kier molecular flexibility index (Phi) is 3.59. The van der Waals surface area contributed by atoms with Gasteiger partial charge in [0.25, 0.3) is 5.92 Å². The van der Waals surface area contributed by atoms with Crippen molar-refractivity contribution in [3.63, 3.8) is 0 Å². The van der Waals surface area contributed by atoms with E-state index in [1.165, 1.54) is 6.07 Å². The van der Waals surface area contributed by atoms with Crippen LogP contribution in [0.3, 0.4) is 0 Å². The maximum absolute atomic E-state index is 13.1. The Balaban J connectivity index is 3.10. The van der Waals surface area contributed by atoms with Crippen molar-refractivity contribution in [3.05, 3.63) is 34.6 Å². The van der Waals surface area contributed by atoms with Crippen LogP contribution in [0.15, 0.2) is 18.2 Å². The molecule has 0 fully saturated rings. The molecule has 1 aromatic rings. The van der Waals surface area contributed by atoms with Crippen LogP contribution in [0.1, 0.15) is 11.6 Å². The first-order valence-electron chi connectivity index (χ1n) is 4.07. The molecule has 0 aliphatic rings. The fourth-order valence-corrected chi connectivity index (χ4v) is 1.26. The molecule has 3 N–H and O–H groups in total. The summed E-state index contributed by atoms with van der Waals surface area (Å²) in [5.41, 5.74) is 4.73. The average Bonchev–Trinajstić information content (AvgIpc) is 2.20. The predicted octanol–water partition coefficient (Wildman–Crippen LogP) is 2.11. The Hall–Kier alpha value is -0.780. The van der Waals surface area contributed by atoms with Gasteiger partial charge in [-0.25, -0.2) is 13.2 Å². The van der Waals surface area contributed by atoms with Crippen LogP contribution in [-0.2, 0) is 0 Å². The first-order valence-corrected chi connectivity index (χ1v) is 4.45. The van der Waals surface area contributed by atoms with Gasteiger partial charge in [0.15, 0.2) is 0 Å². The number of benzene rings is 1. The minimum atomic E-state index is -3.58. The molecule has 0 heterocycles. The lowest BCUT2D eigenvalue weighted by atomic mass is 10.0.